The maximum absolute atomic E-state index is 12.5. The first-order valence-electron chi connectivity index (χ1n) is 7.85. The number of carbonyl (C=O) groups is 1. The first-order valence-corrected chi connectivity index (χ1v) is 10.1. The van der Waals surface area contributed by atoms with Crippen molar-refractivity contribution in [1.29, 1.82) is 0 Å². The predicted molar refractivity (Wildman–Crippen MR) is 106 cm³/mol. The van der Waals surface area contributed by atoms with E-state index in [9.17, 15) is 22.0 Å². The zero-order valence-corrected chi connectivity index (χ0v) is 17.3. The van der Waals surface area contributed by atoms with Gasteiger partial charge < -0.3 is 10.1 Å². The van der Waals surface area contributed by atoms with Crippen LogP contribution in [0.4, 0.5) is 14.5 Å². The Kier molecular flexibility index (Phi) is 7.28. The molecule has 6 nitrogen and oxygen atoms in total. The quantitative estimate of drug-likeness (QED) is 0.616. The summed E-state index contributed by atoms with van der Waals surface area (Å²) >= 11 is 3.22. The van der Waals surface area contributed by atoms with Crippen molar-refractivity contribution < 1.29 is 26.7 Å². The lowest BCUT2D eigenvalue weighted by atomic mass is 10.2. The smallest absolute Gasteiger partial charge is 0.387 e. The van der Waals surface area contributed by atoms with Gasteiger partial charge in [-0.2, -0.15) is 8.78 Å². The van der Waals surface area contributed by atoms with E-state index in [4.69, 9.17) is 0 Å². The maximum Gasteiger partial charge on any atom is 0.387 e. The van der Waals surface area contributed by atoms with Gasteiger partial charge in [0.1, 0.15) is 5.75 Å². The number of rotatable bonds is 7. The van der Waals surface area contributed by atoms with E-state index < -0.39 is 22.5 Å². The first kappa shape index (κ1) is 22.0. The molecule has 0 atom stereocenters. The van der Waals surface area contributed by atoms with E-state index in [1.165, 1.54) is 62.6 Å². The summed E-state index contributed by atoms with van der Waals surface area (Å²) in [7, 11) is -0.835. The van der Waals surface area contributed by atoms with Crippen molar-refractivity contribution in [3.63, 3.8) is 0 Å². The van der Waals surface area contributed by atoms with Crippen molar-refractivity contribution in [3.8, 4) is 5.75 Å². The summed E-state index contributed by atoms with van der Waals surface area (Å²) in [6.07, 6.45) is 2.45. The van der Waals surface area contributed by atoms with Crippen LogP contribution in [0.2, 0.25) is 0 Å². The molecular formula is C18H17BrF2N2O4S. The highest BCUT2D eigenvalue weighted by Gasteiger charge is 2.17. The van der Waals surface area contributed by atoms with Crippen LogP contribution in [0.25, 0.3) is 6.08 Å². The van der Waals surface area contributed by atoms with Crippen molar-refractivity contribution in [2.75, 3.05) is 19.4 Å². The molecule has 0 aliphatic carbocycles. The number of amides is 1. The number of nitrogens with zero attached hydrogens (tertiary/aromatic N) is 1. The van der Waals surface area contributed by atoms with Crippen molar-refractivity contribution in [2.45, 2.75) is 11.5 Å². The Morgan fingerprint density at radius 1 is 1.21 bits per heavy atom. The average Bonchev–Trinajstić information content (AvgIpc) is 2.61. The normalized spacial score (nSPS) is 12.0. The van der Waals surface area contributed by atoms with Gasteiger partial charge in [-0.1, -0.05) is 22.0 Å². The number of alkyl halides is 2. The monoisotopic (exact) mass is 474 g/mol. The second-order valence-corrected chi connectivity index (χ2v) is 8.77. The number of hydrogen-bond acceptors (Lipinski definition) is 4. The molecule has 28 heavy (non-hydrogen) atoms. The average molecular weight is 475 g/mol. The number of nitrogens with one attached hydrogen (secondary N) is 1. The van der Waals surface area contributed by atoms with E-state index in [0.717, 1.165) is 10.4 Å². The Morgan fingerprint density at radius 2 is 1.93 bits per heavy atom. The number of anilines is 1. The fourth-order valence-corrected chi connectivity index (χ4v) is 3.47. The van der Waals surface area contributed by atoms with Crippen molar-refractivity contribution in [1.82, 2.24) is 4.31 Å². The zero-order valence-electron chi connectivity index (χ0n) is 14.9. The molecule has 0 aliphatic rings. The number of halogens is 3. The third-order valence-electron chi connectivity index (χ3n) is 3.48. The molecule has 0 spiro atoms. The summed E-state index contributed by atoms with van der Waals surface area (Å²) < 4.78 is 55.4. The van der Waals surface area contributed by atoms with Crippen LogP contribution in [0.5, 0.6) is 5.75 Å². The van der Waals surface area contributed by atoms with Gasteiger partial charge in [-0.3, -0.25) is 4.79 Å². The molecule has 0 radical (unpaired) electrons. The Morgan fingerprint density at radius 3 is 2.57 bits per heavy atom. The van der Waals surface area contributed by atoms with Crippen molar-refractivity contribution in [3.05, 3.63) is 58.6 Å². The number of benzene rings is 2. The van der Waals surface area contributed by atoms with Crippen LogP contribution >= 0.6 is 15.9 Å². The molecule has 0 fully saturated rings. The molecule has 1 amide bonds. The van der Waals surface area contributed by atoms with Gasteiger partial charge in [0.25, 0.3) is 0 Å². The lowest BCUT2D eigenvalue weighted by molar-refractivity contribution is -0.111. The summed E-state index contributed by atoms with van der Waals surface area (Å²) in [6.45, 7) is -3.00. The van der Waals surface area contributed by atoms with E-state index in [-0.39, 0.29) is 21.9 Å². The van der Waals surface area contributed by atoms with Gasteiger partial charge in [-0.15, -0.1) is 0 Å². The number of hydrogen-bond donors (Lipinski definition) is 1. The Bertz CT molecular complexity index is 995. The molecule has 2 aromatic carbocycles. The van der Waals surface area contributed by atoms with Crippen LogP contribution in [-0.2, 0) is 14.8 Å². The molecule has 0 aliphatic heterocycles. The minimum atomic E-state index is -3.64. The number of sulfonamides is 1. The van der Waals surface area contributed by atoms with Crippen LogP contribution in [0.1, 0.15) is 5.56 Å². The molecule has 1 N–H and O–H groups in total. The largest absolute Gasteiger partial charge is 0.434 e. The lowest BCUT2D eigenvalue weighted by Crippen LogP contribution is -2.22. The molecule has 0 saturated carbocycles. The maximum atomic E-state index is 12.5. The van der Waals surface area contributed by atoms with Crippen molar-refractivity contribution >= 4 is 43.6 Å². The first-order chi connectivity index (χ1) is 13.1. The SMILES string of the molecule is CN(C)S(=O)(=O)c1cccc(NC(=O)/C=C/c2cc(Br)ccc2OC(F)F)c1. The summed E-state index contributed by atoms with van der Waals surface area (Å²) in [4.78, 5) is 12.2. The molecule has 0 bridgehead atoms. The van der Waals surface area contributed by atoms with Crippen LogP contribution in [0.15, 0.2) is 57.9 Å². The highest BCUT2D eigenvalue weighted by molar-refractivity contribution is 9.10. The molecular weight excluding hydrogens is 458 g/mol. The highest BCUT2D eigenvalue weighted by Crippen LogP contribution is 2.26. The van der Waals surface area contributed by atoms with E-state index in [0.29, 0.717) is 4.47 Å². The topological polar surface area (TPSA) is 75.7 Å². The summed E-state index contributed by atoms with van der Waals surface area (Å²) in [5.74, 6) is -0.649. The molecule has 0 heterocycles. The van der Waals surface area contributed by atoms with Gasteiger partial charge in [0.15, 0.2) is 0 Å². The van der Waals surface area contributed by atoms with Crippen LogP contribution in [-0.4, -0.2) is 39.3 Å². The summed E-state index contributed by atoms with van der Waals surface area (Å²) in [5, 5.41) is 2.53. The number of carbonyl (C=O) groups excluding carboxylic acids is 1. The minimum absolute atomic E-state index is 0.0267. The molecule has 150 valence electrons. The Balaban J connectivity index is 2.18. The van der Waals surface area contributed by atoms with Crippen LogP contribution in [0.3, 0.4) is 0 Å². The highest BCUT2D eigenvalue weighted by atomic mass is 79.9. The molecule has 2 rings (SSSR count). The molecule has 0 saturated heterocycles. The zero-order chi connectivity index (χ0) is 20.9. The van der Waals surface area contributed by atoms with Gasteiger partial charge >= 0.3 is 6.61 Å². The van der Waals surface area contributed by atoms with E-state index >= 15 is 0 Å². The van der Waals surface area contributed by atoms with Crippen LogP contribution < -0.4 is 10.1 Å². The van der Waals surface area contributed by atoms with Crippen molar-refractivity contribution in [2.24, 2.45) is 0 Å². The van der Waals surface area contributed by atoms with E-state index in [2.05, 4.69) is 26.0 Å². The van der Waals surface area contributed by atoms with Gasteiger partial charge in [-0.25, -0.2) is 12.7 Å². The fraction of sp³-hybridized carbons (Fsp3) is 0.167. The standard InChI is InChI=1S/C18H17BrF2N2O4S/c1-23(2)28(25,26)15-5-3-4-14(11-15)22-17(24)9-6-12-10-13(19)7-8-16(12)27-18(20)21/h3-11,18H,1-2H3,(H,22,24)/b9-6+. The predicted octanol–water partition coefficient (Wildman–Crippen LogP) is 3.95. The lowest BCUT2D eigenvalue weighted by Gasteiger charge is -2.12. The molecule has 10 heteroatoms. The Hall–Kier alpha value is -2.30. The Labute approximate surface area is 170 Å². The molecule has 0 unspecified atom stereocenters. The van der Waals surface area contributed by atoms with Gasteiger partial charge in [0, 0.05) is 35.9 Å². The van der Waals surface area contributed by atoms with Gasteiger partial charge in [0.2, 0.25) is 15.9 Å². The number of ether oxygens (including phenoxy) is 1. The third kappa shape index (κ3) is 5.85. The summed E-state index contributed by atoms with van der Waals surface area (Å²) in [6, 6.07) is 10.2. The second kappa shape index (κ2) is 9.26. The third-order valence-corrected chi connectivity index (χ3v) is 5.79. The van der Waals surface area contributed by atoms with Crippen LogP contribution in [0, 0.1) is 0 Å². The van der Waals surface area contributed by atoms with Gasteiger partial charge in [-0.05, 0) is 42.5 Å². The van der Waals surface area contributed by atoms with E-state index in [1.807, 2.05) is 0 Å². The second-order valence-electron chi connectivity index (χ2n) is 5.70. The molecule has 0 aromatic heterocycles. The van der Waals surface area contributed by atoms with E-state index in [1.54, 1.807) is 0 Å². The molecule has 2 aromatic rings. The minimum Gasteiger partial charge on any atom is -0.434 e. The van der Waals surface area contributed by atoms with Gasteiger partial charge in [0.05, 0.1) is 4.90 Å². The summed E-state index contributed by atoms with van der Waals surface area (Å²) in [5.41, 5.74) is 0.546. The fourth-order valence-electron chi connectivity index (χ4n) is 2.15.